The van der Waals surface area contributed by atoms with Gasteiger partial charge in [0.05, 0.1) is 0 Å². The molecule has 0 aromatic rings. The summed E-state index contributed by atoms with van der Waals surface area (Å²) in [6, 6.07) is 0. The van der Waals surface area contributed by atoms with E-state index >= 15 is 0 Å². The maximum atomic E-state index is 11.4. The van der Waals surface area contributed by atoms with Crippen molar-refractivity contribution in [2.24, 2.45) is 0 Å². The van der Waals surface area contributed by atoms with Crippen molar-refractivity contribution >= 4 is 12.1 Å². The van der Waals surface area contributed by atoms with Crippen LogP contribution in [0.2, 0.25) is 0 Å². The van der Waals surface area contributed by atoms with E-state index in [4.69, 9.17) is 4.74 Å². The fraction of sp³-hybridized carbons (Fsp3) is 0.800. The number of nitrogens with zero attached hydrogens (tertiary/aromatic N) is 1. The van der Waals surface area contributed by atoms with Crippen molar-refractivity contribution in [3.8, 4) is 0 Å². The summed E-state index contributed by atoms with van der Waals surface area (Å²) in [5.41, 5.74) is 0. The normalized spacial score (nSPS) is 16.7. The van der Waals surface area contributed by atoms with Gasteiger partial charge in [0, 0.05) is 20.0 Å². The Morgan fingerprint density at radius 2 is 1.67 bits per heavy atom. The van der Waals surface area contributed by atoms with Crippen molar-refractivity contribution in [1.29, 1.82) is 0 Å². The fourth-order valence-electron chi connectivity index (χ4n) is 1.51. The van der Waals surface area contributed by atoms with E-state index in [0.29, 0.717) is 0 Å². The molecule has 1 aliphatic heterocycles. The zero-order valence-electron chi connectivity index (χ0n) is 9.03. The van der Waals surface area contributed by atoms with Crippen LogP contribution in [-0.2, 0) is 14.3 Å². The van der Waals surface area contributed by atoms with Crippen molar-refractivity contribution < 1.29 is 19.1 Å². The maximum absolute atomic E-state index is 11.4. The highest BCUT2D eigenvalue weighted by molar-refractivity contribution is 5.68. The van der Waals surface area contributed by atoms with Crippen molar-refractivity contribution in [2.75, 3.05) is 19.9 Å². The molecule has 1 heterocycles. The Morgan fingerprint density at radius 1 is 1.07 bits per heavy atom. The molecule has 1 rings (SSSR count). The second kappa shape index (κ2) is 6.27. The van der Waals surface area contributed by atoms with Gasteiger partial charge in [-0.1, -0.05) is 12.8 Å². The van der Waals surface area contributed by atoms with Crippen LogP contribution in [0.25, 0.3) is 0 Å². The summed E-state index contributed by atoms with van der Waals surface area (Å²) in [6.45, 7) is 2.46. The Balaban J connectivity index is 2.22. The number of carbonyl (C=O) groups is 2. The van der Waals surface area contributed by atoms with Crippen molar-refractivity contribution in [3.63, 3.8) is 0 Å². The van der Waals surface area contributed by atoms with Crippen molar-refractivity contribution in [3.05, 3.63) is 0 Å². The predicted molar refractivity (Wildman–Crippen MR) is 53.2 cm³/mol. The molecule has 0 unspecified atom stereocenters. The second-order valence-electron chi connectivity index (χ2n) is 3.57. The van der Waals surface area contributed by atoms with Gasteiger partial charge in [0.15, 0.2) is 0 Å². The number of esters is 1. The van der Waals surface area contributed by atoms with Gasteiger partial charge in [-0.25, -0.2) is 4.79 Å². The molecule has 5 nitrogen and oxygen atoms in total. The molecule has 1 aliphatic rings. The summed E-state index contributed by atoms with van der Waals surface area (Å²) in [5.74, 6) is -0.446. The number of carbonyl (C=O) groups excluding carboxylic acids is 2. The third-order valence-corrected chi connectivity index (χ3v) is 2.31. The van der Waals surface area contributed by atoms with Gasteiger partial charge in [0.1, 0.15) is 0 Å². The lowest BCUT2D eigenvalue weighted by molar-refractivity contribution is -0.149. The molecule has 0 atom stereocenters. The highest BCUT2D eigenvalue weighted by Crippen LogP contribution is 2.10. The Kier molecular flexibility index (Phi) is 4.93. The molecule has 15 heavy (non-hydrogen) atoms. The van der Waals surface area contributed by atoms with Crippen LogP contribution in [0.15, 0.2) is 0 Å². The van der Waals surface area contributed by atoms with Crippen LogP contribution in [-0.4, -0.2) is 36.8 Å². The molecule has 86 valence electrons. The third kappa shape index (κ3) is 4.67. The summed E-state index contributed by atoms with van der Waals surface area (Å²) in [7, 11) is 0. The molecule has 0 N–H and O–H groups in total. The lowest BCUT2D eigenvalue weighted by Crippen LogP contribution is -2.33. The highest BCUT2D eigenvalue weighted by atomic mass is 16.7. The van der Waals surface area contributed by atoms with Gasteiger partial charge in [-0.15, -0.1) is 0 Å². The molecule has 0 radical (unpaired) electrons. The van der Waals surface area contributed by atoms with Gasteiger partial charge in [-0.05, 0) is 12.8 Å². The monoisotopic (exact) mass is 215 g/mol. The number of ether oxygens (including phenoxy) is 2. The summed E-state index contributed by atoms with van der Waals surface area (Å²) in [4.78, 5) is 23.5. The minimum atomic E-state index is -0.446. The van der Waals surface area contributed by atoms with E-state index in [1.54, 1.807) is 4.90 Å². The van der Waals surface area contributed by atoms with Gasteiger partial charge in [-0.2, -0.15) is 0 Å². The van der Waals surface area contributed by atoms with Gasteiger partial charge in [-0.3, -0.25) is 4.79 Å². The zero-order valence-corrected chi connectivity index (χ0v) is 9.03. The quantitative estimate of drug-likeness (QED) is 0.517. The molecule has 0 saturated carbocycles. The highest BCUT2D eigenvalue weighted by Gasteiger charge is 2.16. The molecule has 0 aromatic carbocycles. The van der Waals surface area contributed by atoms with E-state index < -0.39 is 12.1 Å². The Morgan fingerprint density at radius 3 is 2.20 bits per heavy atom. The third-order valence-electron chi connectivity index (χ3n) is 2.31. The number of amides is 1. The standard InChI is InChI=1S/C10H17NO4/c1-9(12)14-8-15-10(13)11-6-4-2-3-5-7-11/h2-8H2,1H3. The lowest BCUT2D eigenvalue weighted by atomic mass is 10.2. The number of hydrogen-bond donors (Lipinski definition) is 0. The summed E-state index contributed by atoms with van der Waals surface area (Å²) < 4.78 is 9.32. The van der Waals surface area contributed by atoms with E-state index in [1.807, 2.05) is 0 Å². The topological polar surface area (TPSA) is 55.8 Å². The largest absolute Gasteiger partial charge is 0.428 e. The first-order chi connectivity index (χ1) is 7.20. The van der Waals surface area contributed by atoms with Crippen LogP contribution < -0.4 is 0 Å². The average molecular weight is 215 g/mol. The molecule has 0 bridgehead atoms. The Labute approximate surface area is 89.3 Å². The molecule has 0 aliphatic carbocycles. The van der Waals surface area contributed by atoms with E-state index in [1.165, 1.54) is 6.92 Å². The summed E-state index contributed by atoms with van der Waals surface area (Å²) >= 11 is 0. The predicted octanol–water partition coefficient (Wildman–Crippen LogP) is 1.52. The van der Waals surface area contributed by atoms with Gasteiger partial charge < -0.3 is 14.4 Å². The molecular formula is C10H17NO4. The lowest BCUT2D eigenvalue weighted by Gasteiger charge is -2.19. The summed E-state index contributed by atoms with van der Waals surface area (Å²) in [6.07, 6.45) is 3.96. The molecule has 0 spiro atoms. The summed E-state index contributed by atoms with van der Waals surface area (Å²) in [5, 5.41) is 0. The molecule has 5 heteroatoms. The van der Waals surface area contributed by atoms with Crippen LogP contribution in [0.4, 0.5) is 4.79 Å². The SMILES string of the molecule is CC(=O)OCOC(=O)N1CCCCCC1. The van der Waals surface area contributed by atoms with Crippen molar-refractivity contribution in [1.82, 2.24) is 4.90 Å². The first-order valence-electron chi connectivity index (χ1n) is 5.25. The van der Waals surface area contributed by atoms with Crippen LogP contribution in [0.3, 0.4) is 0 Å². The molecule has 0 aromatic heterocycles. The number of rotatable bonds is 2. The van der Waals surface area contributed by atoms with Crippen LogP contribution in [0, 0.1) is 0 Å². The van der Waals surface area contributed by atoms with E-state index in [0.717, 1.165) is 38.8 Å². The number of hydrogen-bond acceptors (Lipinski definition) is 4. The molecule has 1 saturated heterocycles. The van der Waals surface area contributed by atoms with Gasteiger partial charge in [0.25, 0.3) is 0 Å². The van der Waals surface area contributed by atoms with E-state index in [9.17, 15) is 9.59 Å². The number of likely N-dealkylation sites (tertiary alicyclic amines) is 1. The van der Waals surface area contributed by atoms with E-state index in [2.05, 4.69) is 4.74 Å². The second-order valence-corrected chi connectivity index (χ2v) is 3.57. The minimum Gasteiger partial charge on any atom is -0.428 e. The van der Waals surface area contributed by atoms with Gasteiger partial charge in [0.2, 0.25) is 6.79 Å². The van der Waals surface area contributed by atoms with Crippen molar-refractivity contribution in [2.45, 2.75) is 32.6 Å². The molecule has 1 amide bonds. The Hall–Kier alpha value is -1.26. The smallest absolute Gasteiger partial charge is 0.412 e. The van der Waals surface area contributed by atoms with Crippen LogP contribution in [0.5, 0.6) is 0 Å². The first-order valence-corrected chi connectivity index (χ1v) is 5.25. The first kappa shape index (κ1) is 11.8. The van der Waals surface area contributed by atoms with Crippen LogP contribution in [0.1, 0.15) is 32.6 Å². The Bertz CT molecular complexity index is 221. The maximum Gasteiger partial charge on any atom is 0.412 e. The van der Waals surface area contributed by atoms with Gasteiger partial charge >= 0.3 is 12.1 Å². The molecular weight excluding hydrogens is 198 g/mol. The average Bonchev–Trinajstić information content (AvgIpc) is 2.44. The fourth-order valence-corrected chi connectivity index (χ4v) is 1.51. The minimum absolute atomic E-state index is 0.287. The van der Waals surface area contributed by atoms with E-state index in [-0.39, 0.29) is 6.79 Å². The van der Waals surface area contributed by atoms with Crippen LogP contribution >= 0.6 is 0 Å². The zero-order chi connectivity index (χ0) is 11.1. The molecule has 1 fully saturated rings.